The lowest BCUT2D eigenvalue weighted by Crippen LogP contribution is -3.06. The molecule has 0 unspecified atom stereocenters. The van der Waals surface area contributed by atoms with Crippen molar-refractivity contribution >= 4 is 5.82 Å². The number of phenolic OH excluding ortho intramolecular Hbond substituents is 1. The molecule has 0 saturated heterocycles. The summed E-state index contributed by atoms with van der Waals surface area (Å²) in [5.41, 5.74) is 8.19. The molecular weight excluding hydrogens is 332 g/mol. The Kier molecular flexibility index (Phi) is 4.00. The second-order valence-corrected chi connectivity index (χ2v) is 6.77. The number of nitrogens with one attached hydrogen (secondary N) is 1. The molecule has 0 radical (unpaired) electrons. The Labute approximate surface area is 151 Å². The summed E-state index contributed by atoms with van der Waals surface area (Å²) in [4.78, 5) is 5.80. The number of anilines is 1. The highest BCUT2D eigenvalue weighted by molar-refractivity contribution is 5.60. The highest BCUT2D eigenvalue weighted by Gasteiger charge is 2.37. The molecule has 2 aromatic heterocycles. The number of nitrogen functional groups attached to an aromatic ring is 1. The van der Waals surface area contributed by atoms with Crippen LogP contribution in [0.4, 0.5) is 5.82 Å². The van der Waals surface area contributed by atoms with Crippen molar-refractivity contribution in [2.24, 2.45) is 0 Å². The largest absolute Gasteiger partial charge is 0.508 e. The summed E-state index contributed by atoms with van der Waals surface area (Å²) >= 11 is 0. The fourth-order valence-electron chi connectivity index (χ4n) is 3.25. The van der Waals surface area contributed by atoms with Gasteiger partial charge in [0, 0.05) is 11.6 Å². The van der Waals surface area contributed by atoms with Gasteiger partial charge in [0.25, 0.3) is 0 Å². The van der Waals surface area contributed by atoms with Crippen LogP contribution in [0.1, 0.15) is 22.8 Å². The van der Waals surface area contributed by atoms with Gasteiger partial charge in [0.2, 0.25) is 12.1 Å². The molecule has 4 N–H and O–H groups in total. The highest BCUT2D eigenvalue weighted by atomic mass is 16.5. The topological polar surface area (TPSA) is 89.8 Å². The normalized spacial score (nSPS) is 15.4. The zero-order valence-corrected chi connectivity index (χ0v) is 14.8. The average Bonchev–Trinajstić information content (AvgIpc) is 3.13. The first kappa shape index (κ1) is 16.4. The average molecular weight is 354 g/mol. The van der Waals surface area contributed by atoms with Gasteiger partial charge >= 0.3 is 5.88 Å². The van der Waals surface area contributed by atoms with Gasteiger partial charge in [-0.1, -0.05) is 11.1 Å². The molecule has 0 amide bonds. The first-order valence-corrected chi connectivity index (χ1v) is 8.55. The summed E-state index contributed by atoms with van der Waals surface area (Å²) < 4.78 is 13.6. The van der Waals surface area contributed by atoms with Gasteiger partial charge in [-0.25, -0.2) is 4.57 Å². The molecule has 7 nitrogen and oxygen atoms in total. The SMILES string of the molecule is C[NH+](C)CC[n+]1cnc2c(c1N)[C@@H](c1ccco1)c1ccc(O)cc1O2. The Morgan fingerprint density at radius 1 is 1.31 bits per heavy atom. The summed E-state index contributed by atoms with van der Waals surface area (Å²) in [5.74, 6) is 2.26. The molecule has 0 spiro atoms. The van der Waals surface area contributed by atoms with E-state index in [0.717, 1.165) is 30.0 Å². The molecule has 1 aliphatic heterocycles. The number of hydrogen-bond donors (Lipinski definition) is 3. The van der Waals surface area contributed by atoms with Gasteiger partial charge in [-0.15, -0.1) is 0 Å². The molecule has 26 heavy (non-hydrogen) atoms. The molecule has 7 heteroatoms. The predicted molar refractivity (Wildman–Crippen MR) is 94.4 cm³/mol. The van der Waals surface area contributed by atoms with Gasteiger partial charge in [-0.2, -0.15) is 0 Å². The van der Waals surface area contributed by atoms with Gasteiger partial charge in [0.1, 0.15) is 35.9 Å². The molecule has 1 aliphatic rings. The van der Waals surface area contributed by atoms with E-state index < -0.39 is 0 Å². The number of benzene rings is 1. The van der Waals surface area contributed by atoms with Gasteiger partial charge < -0.3 is 24.9 Å². The molecule has 4 rings (SSSR count). The third kappa shape index (κ3) is 2.76. The van der Waals surface area contributed by atoms with Crippen molar-refractivity contribution in [1.82, 2.24) is 4.98 Å². The van der Waals surface area contributed by atoms with Gasteiger partial charge in [0.05, 0.1) is 26.3 Å². The summed E-state index contributed by atoms with van der Waals surface area (Å²) in [7, 11) is 4.19. The first-order valence-electron chi connectivity index (χ1n) is 8.55. The minimum absolute atomic E-state index is 0.137. The molecule has 0 aliphatic carbocycles. The number of phenols is 1. The lowest BCUT2D eigenvalue weighted by atomic mass is 9.87. The molecule has 1 atom stereocenters. The van der Waals surface area contributed by atoms with E-state index in [1.807, 2.05) is 22.8 Å². The minimum atomic E-state index is -0.240. The number of aromatic hydroxyl groups is 1. The molecule has 3 aromatic rings. The molecule has 1 aromatic carbocycles. The third-order valence-corrected chi connectivity index (χ3v) is 4.61. The number of rotatable bonds is 4. The molecule has 3 heterocycles. The van der Waals surface area contributed by atoms with Crippen molar-refractivity contribution in [1.29, 1.82) is 0 Å². The number of aromatic nitrogens is 2. The van der Waals surface area contributed by atoms with Crippen molar-refractivity contribution < 1.29 is 23.7 Å². The van der Waals surface area contributed by atoms with Crippen molar-refractivity contribution in [3.05, 3.63) is 59.8 Å². The van der Waals surface area contributed by atoms with E-state index in [4.69, 9.17) is 14.9 Å². The Balaban J connectivity index is 1.87. The fraction of sp³-hybridized carbons (Fsp3) is 0.263. The monoisotopic (exact) mass is 354 g/mol. The highest BCUT2D eigenvalue weighted by Crippen LogP contribution is 2.48. The maximum atomic E-state index is 9.82. The van der Waals surface area contributed by atoms with Crippen LogP contribution >= 0.6 is 0 Å². The number of nitrogens with zero attached hydrogens (tertiary/aromatic N) is 2. The summed E-state index contributed by atoms with van der Waals surface area (Å²) in [5, 5.41) is 9.82. The lowest BCUT2D eigenvalue weighted by Gasteiger charge is -2.25. The molecule has 0 saturated carbocycles. The van der Waals surface area contributed by atoms with Crippen LogP contribution in [0.3, 0.4) is 0 Å². The quantitative estimate of drug-likeness (QED) is 0.469. The molecule has 0 bridgehead atoms. The van der Waals surface area contributed by atoms with E-state index in [-0.39, 0.29) is 11.7 Å². The number of likely N-dealkylation sites (N-methyl/N-ethyl adjacent to an activating group) is 1. The number of fused-ring (bicyclic) bond motifs is 2. The second kappa shape index (κ2) is 6.34. The maximum Gasteiger partial charge on any atom is 0.306 e. The number of ether oxygens (including phenoxy) is 1. The molecule has 0 fully saturated rings. The van der Waals surface area contributed by atoms with Crippen LogP contribution in [0.25, 0.3) is 0 Å². The minimum Gasteiger partial charge on any atom is -0.508 e. The zero-order chi connectivity index (χ0) is 18.3. The number of quaternary nitrogens is 1. The number of furan rings is 1. The van der Waals surface area contributed by atoms with Crippen molar-refractivity contribution in [3.63, 3.8) is 0 Å². The van der Waals surface area contributed by atoms with Crippen LogP contribution in [-0.4, -0.2) is 30.7 Å². The Morgan fingerprint density at radius 2 is 2.15 bits per heavy atom. The first-order chi connectivity index (χ1) is 12.5. The van der Waals surface area contributed by atoms with E-state index in [1.54, 1.807) is 24.7 Å². The number of nitrogens with two attached hydrogens (primary N) is 1. The van der Waals surface area contributed by atoms with E-state index >= 15 is 0 Å². The van der Waals surface area contributed by atoms with Gasteiger partial charge in [-0.05, 0) is 18.2 Å². The van der Waals surface area contributed by atoms with Crippen molar-refractivity contribution in [3.8, 4) is 17.4 Å². The summed E-state index contributed by atoms with van der Waals surface area (Å²) in [6.07, 6.45) is 3.34. The van der Waals surface area contributed by atoms with E-state index in [2.05, 4.69) is 19.1 Å². The van der Waals surface area contributed by atoms with Crippen LogP contribution < -0.4 is 19.9 Å². The van der Waals surface area contributed by atoms with Crippen molar-refractivity contribution in [2.75, 3.05) is 26.4 Å². The van der Waals surface area contributed by atoms with Crippen LogP contribution in [0, 0.1) is 0 Å². The smallest absolute Gasteiger partial charge is 0.306 e. The van der Waals surface area contributed by atoms with Crippen LogP contribution in [0.5, 0.6) is 17.4 Å². The lowest BCUT2D eigenvalue weighted by molar-refractivity contribution is -0.882. The maximum absolute atomic E-state index is 9.82. The van der Waals surface area contributed by atoms with Gasteiger partial charge in [-0.3, -0.25) is 0 Å². The fourth-order valence-corrected chi connectivity index (χ4v) is 3.25. The predicted octanol–water partition coefficient (Wildman–Crippen LogP) is 0.680. The van der Waals surface area contributed by atoms with E-state index in [1.165, 1.54) is 4.90 Å². The summed E-state index contributed by atoms with van der Waals surface area (Å²) in [6.45, 7) is 1.67. The second-order valence-electron chi connectivity index (χ2n) is 6.77. The van der Waals surface area contributed by atoms with Crippen LogP contribution in [0.15, 0.2) is 47.3 Å². The molecule has 134 valence electrons. The summed E-state index contributed by atoms with van der Waals surface area (Å²) in [6, 6.07) is 8.82. The Hall–Kier alpha value is -3.06. The molecular formula is C19H22N4O3+2. The standard InChI is InChI=1S/C19H20N4O3/c1-22(2)7-8-23-11-21-19-17(18(23)20)16(14-4-3-9-25-14)13-6-5-12(24)10-15(13)26-19/h3-6,9-11,16,20,24H,7-8H2,1-2H3/p+2/t16-/m1/s1. The van der Waals surface area contributed by atoms with Crippen LogP contribution in [-0.2, 0) is 6.54 Å². The van der Waals surface area contributed by atoms with E-state index in [0.29, 0.717) is 17.4 Å². The van der Waals surface area contributed by atoms with Crippen molar-refractivity contribution in [2.45, 2.75) is 12.5 Å². The van der Waals surface area contributed by atoms with Crippen LogP contribution in [0.2, 0.25) is 0 Å². The van der Waals surface area contributed by atoms with E-state index in [9.17, 15) is 5.11 Å². The Morgan fingerprint density at radius 3 is 2.88 bits per heavy atom. The third-order valence-electron chi connectivity index (χ3n) is 4.61. The number of hydrogen-bond acceptors (Lipinski definition) is 5. The Bertz CT molecular complexity index is 938. The zero-order valence-electron chi connectivity index (χ0n) is 14.8. The van der Waals surface area contributed by atoms with Gasteiger partial charge in [0.15, 0.2) is 0 Å².